The molecule has 2 heterocycles. The molecule has 0 unspecified atom stereocenters. The van der Waals surface area contributed by atoms with E-state index in [4.69, 9.17) is 12.2 Å². The standard InChI is InChI=1S/C16H23N5O2S2/c1-2-19-13-17-21(16(19)24)14-18-8-10-20(11-9-18)25(22,23)12-15-6-4-3-5-7-15/h3-7,13H,2,8-12,14H2,1H3/p+1. The van der Waals surface area contributed by atoms with Crippen molar-refractivity contribution in [1.82, 2.24) is 18.7 Å². The van der Waals surface area contributed by atoms with Gasteiger partial charge in [0, 0.05) is 6.54 Å². The van der Waals surface area contributed by atoms with Crippen molar-refractivity contribution in [1.29, 1.82) is 0 Å². The lowest BCUT2D eigenvalue weighted by Gasteiger charge is -2.31. The highest BCUT2D eigenvalue weighted by molar-refractivity contribution is 7.88. The zero-order valence-electron chi connectivity index (χ0n) is 14.3. The summed E-state index contributed by atoms with van der Waals surface area (Å²) in [6.07, 6.45) is 1.75. The Hall–Kier alpha value is -1.55. The SMILES string of the molecule is CCn1cnn(C[NH+]2CCN(S(=O)(=O)Cc3ccccc3)CC2)c1=S. The molecule has 25 heavy (non-hydrogen) atoms. The quantitative estimate of drug-likeness (QED) is 0.721. The average molecular weight is 383 g/mol. The Kier molecular flexibility index (Phi) is 5.67. The van der Waals surface area contributed by atoms with E-state index in [1.165, 1.54) is 4.90 Å². The second-order valence-electron chi connectivity index (χ2n) is 6.25. The zero-order chi connectivity index (χ0) is 17.9. The first-order chi connectivity index (χ1) is 12.0. The van der Waals surface area contributed by atoms with E-state index in [1.54, 1.807) is 10.6 Å². The van der Waals surface area contributed by atoms with Gasteiger partial charge in [-0.15, -0.1) is 0 Å². The predicted molar refractivity (Wildman–Crippen MR) is 98.1 cm³/mol. The molecule has 1 saturated heterocycles. The molecule has 0 radical (unpaired) electrons. The molecule has 1 aromatic heterocycles. The van der Waals surface area contributed by atoms with E-state index >= 15 is 0 Å². The van der Waals surface area contributed by atoms with Crippen LogP contribution in [0.2, 0.25) is 0 Å². The van der Waals surface area contributed by atoms with Gasteiger partial charge in [-0.3, -0.25) is 0 Å². The van der Waals surface area contributed by atoms with Crippen LogP contribution in [0.1, 0.15) is 12.5 Å². The van der Waals surface area contributed by atoms with Crippen molar-refractivity contribution >= 4 is 22.2 Å². The number of nitrogens with zero attached hydrogens (tertiary/aromatic N) is 4. The molecule has 0 saturated carbocycles. The third-order valence-electron chi connectivity index (χ3n) is 4.53. The van der Waals surface area contributed by atoms with E-state index in [2.05, 4.69) is 5.10 Å². The van der Waals surface area contributed by atoms with Crippen LogP contribution in [-0.2, 0) is 29.0 Å². The van der Waals surface area contributed by atoms with Gasteiger partial charge < -0.3 is 9.47 Å². The molecule has 7 nitrogen and oxygen atoms in total. The molecular formula is C16H24N5O2S2+. The van der Waals surface area contributed by atoms with Gasteiger partial charge in [0.25, 0.3) is 0 Å². The van der Waals surface area contributed by atoms with Crippen LogP contribution < -0.4 is 4.90 Å². The second-order valence-corrected chi connectivity index (χ2v) is 8.58. The lowest BCUT2D eigenvalue weighted by Crippen LogP contribution is -3.14. The van der Waals surface area contributed by atoms with Crippen molar-refractivity contribution in [2.45, 2.75) is 25.9 Å². The normalized spacial score (nSPS) is 17.0. The molecule has 1 aliphatic rings. The van der Waals surface area contributed by atoms with Crippen molar-refractivity contribution < 1.29 is 13.3 Å². The van der Waals surface area contributed by atoms with Crippen molar-refractivity contribution in [2.75, 3.05) is 26.2 Å². The molecule has 0 spiro atoms. The summed E-state index contributed by atoms with van der Waals surface area (Å²) in [6, 6.07) is 9.33. The molecule has 1 fully saturated rings. The summed E-state index contributed by atoms with van der Waals surface area (Å²) >= 11 is 5.39. The van der Waals surface area contributed by atoms with Crippen LogP contribution in [0.4, 0.5) is 0 Å². The van der Waals surface area contributed by atoms with E-state index < -0.39 is 10.0 Å². The van der Waals surface area contributed by atoms with E-state index in [1.807, 2.05) is 46.5 Å². The van der Waals surface area contributed by atoms with Crippen molar-refractivity contribution in [2.24, 2.45) is 0 Å². The van der Waals surface area contributed by atoms with Gasteiger partial charge in [0.05, 0.1) is 31.9 Å². The summed E-state index contributed by atoms with van der Waals surface area (Å²) in [4.78, 5) is 1.30. The number of nitrogens with one attached hydrogen (secondary N) is 1. The molecule has 0 atom stereocenters. The van der Waals surface area contributed by atoms with Crippen LogP contribution in [-0.4, -0.2) is 53.2 Å². The molecule has 1 aromatic carbocycles. The van der Waals surface area contributed by atoms with Crippen LogP contribution in [0.25, 0.3) is 0 Å². The largest absolute Gasteiger partial charge is 0.314 e. The van der Waals surface area contributed by atoms with E-state index in [9.17, 15) is 8.42 Å². The van der Waals surface area contributed by atoms with Gasteiger partial charge in [0.15, 0.2) is 6.67 Å². The lowest BCUT2D eigenvalue weighted by molar-refractivity contribution is -0.926. The Bertz CT molecular complexity index is 852. The first-order valence-electron chi connectivity index (χ1n) is 8.47. The Morgan fingerprint density at radius 1 is 1.20 bits per heavy atom. The summed E-state index contributed by atoms with van der Waals surface area (Å²) in [6.45, 7) is 6.10. The molecule has 1 N–H and O–H groups in total. The van der Waals surface area contributed by atoms with Crippen LogP contribution in [0, 0.1) is 4.77 Å². The lowest BCUT2D eigenvalue weighted by atomic mass is 10.2. The highest BCUT2D eigenvalue weighted by Gasteiger charge is 2.29. The van der Waals surface area contributed by atoms with Gasteiger partial charge in [-0.1, -0.05) is 30.3 Å². The van der Waals surface area contributed by atoms with Gasteiger partial charge in [-0.05, 0) is 24.7 Å². The molecule has 0 bridgehead atoms. The van der Waals surface area contributed by atoms with Crippen LogP contribution in [0.3, 0.4) is 0 Å². The summed E-state index contributed by atoms with van der Waals surface area (Å²) < 4.78 is 31.3. The summed E-state index contributed by atoms with van der Waals surface area (Å²) in [5.74, 6) is 0.0646. The fraction of sp³-hybridized carbons (Fsp3) is 0.500. The first-order valence-corrected chi connectivity index (χ1v) is 10.5. The monoisotopic (exact) mass is 382 g/mol. The Morgan fingerprint density at radius 2 is 1.88 bits per heavy atom. The summed E-state index contributed by atoms with van der Waals surface area (Å²) in [7, 11) is -3.27. The first kappa shape index (κ1) is 18.2. The maximum absolute atomic E-state index is 12.6. The van der Waals surface area contributed by atoms with E-state index in [0.29, 0.717) is 24.5 Å². The van der Waals surface area contributed by atoms with Crippen molar-refractivity contribution in [3.63, 3.8) is 0 Å². The maximum atomic E-state index is 12.6. The molecule has 1 aliphatic heterocycles. The molecule has 136 valence electrons. The predicted octanol–water partition coefficient (Wildman–Crippen LogP) is 0.122. The van der Waals surface area contributed by atoms with Crippen LogP contribution >= 0.6 is 12.2 Å². The molecular weight excluding hydrogens is 358 g/mol. The fourth-order valence-corrected chi connectivity index (χ4v) is 4.85. The number of piperazine rings is 1. The fourth-order valence-electron chi connectivity index (χ4n) is 3.02. The van der Waals surface area contributed by atoms with Crippen LogP contribution in [0.15, 0.2) is 36.7 Å². The number of benzene rings is 1. The average Bonchev–Trinajstić information content (AvgIpc) is 2.96. The number of aromatic nitrogens is 3. The minimum atomic E-state index is -3.27. The van der Waals surface area contributed by atoms with Gasteiger partial charge in [-0.2, -0.15) is 14.1 Å². The smallest absolute Gasteiger partial charge is 0.218 e. The van der Waals surface area contributed by atoms with Gasteiger partial charge >= 0.3 is 0 Å². The molecule has 0 amide bonds. The Morgan fingerprint density at radius 3 is 2.48 bits per heavy atom. The minimum absolute atomic E-state index is 0.0646. The second kappa shape index (κ2) is 7.77. The summed E-state index contributed by atoms with van der Waals surface area (Å²) in [5.41, 5.74) is 0.827. The number of hydrogen-bond donors (Lipinski definition) is 1. The number of hydrogen-bond acceptors (Lipinski definition) is 4. The Balaban J connectivity index is 1.57. The molecule has 3 rings (SSSR count). The third kappa shape index (κ3) is 4.35. The number of rotatable bonds is 6. The van der Waals surface area contributed by atoms with Gasteiger partial charge in [0.1, 0.15) is 6.33 Å². The van der Waals surface area contributed by atoms with E-state index in [-0.39, 0.29) is 5.75 Å². The molecule has 9 heteroatoms. The van der Waals surface area contributed by atoms with Crippen LogP contribution in [0.5, 0.6) is 0 Å². The third-order valence-corrected chi connectivity index (χ3v) is 6.82. The van der Waals surface area contributed by atoms with Gasteiger partial charge in [0.2, 0.25) is 14.8 Å². The number of sulfonamides is 1. The Labute approximate surface area is 153 Å². The van der Waals surface area contributed by atoms with Crippen molar-refractivity contribution in [3.8, 4) is 0 Å². The maximum Gasteiger partial charge on any atom is 0.218 e. The number of quaternary nitrogens is 1. The minimum Gasteiger partial charge on any atom is -0.314 e. The molecule has 0 aliphatic carbocycles. The highest BCUT2D eigenvalue weighted by Crippen LogP contribution is 2.10. The topological polar surface area (TPSA) is 64.6 Å². The van der Waals surface area contributed by atoms with Crippen molar-refractivity contribution in [3.05, 3.63) is 47.0 Å². The van der Waals surface area contributed by atoms with E-state index in [0.717, 1.165) is 25.2 Å². The highest BCUT2D eigenvalue weighted by atomic mass is 32.2. The molecule has 2 aromatic rings. The zero-order valence-corrected chi connectivity index (χ0v) is 16.0. The van der Waals surface area contributed by atoms with Gasteiger partial charge in [-0.25, -0.2) is 8.42 Å². The summed E-state index contributed by atoms with van der Waals surface area (Å²) in [5, 5.41) is 4.33. The number of aryl methyl sites for hydroxylation is 1.